The fourth-order valence-electron chi connectivity index (χ4n) is 6.11. The number of nitrogens with zero attached hydrogens (tertiary/aromatic N) is 1. The van der Waals surface area contributed by atoms with Crippen molar-refractivity contribution in [3.8, 4) is 5.75 Å². The SMILES string of the molecule is COc1ccc(Cl)cc1N1C(=O)C2C3C=CC(C3=C(c3ccc(C)cc3)c3ccc(C)cc3)C2C1=O. The molecule has 0 aromatic heterocycles. The summed E-state index contributed by atoms with van der Waals surface area (Å²) in [5, 5.41) is 0.450. The molecule has 2 fully saturated rings. The largest absolute Gasteiger partial charge is 0.495 e. The van der Waals surface area contributed by atoms with Crippen molar-refractivity contribution in [1.29, 1.82) is 0 Å². The Hall–Kier alpha value is -3.63. The van der Waals surface area contributed by atoms with Gasteiger partial charge in [-0.15, -0.1) is 0 Å². The van der Waals surface area contributed by atoms with Crippen molar-refractivity contribution >= 4 is 34.7 Å². The quantitative estimate of drug-likeness (QED) is 0.311. The summed E-state index contributed by atoms with van der Waals surface area (Å²) in [5.74, 6) is -1.06. The molecule has 6 rings (SSSR count). The molecule has 3 aromatic carbocycles. The maximum absolute atomic E-state index is 13.8. The number of aryl methyl sites for hydroxylation is 2. The van der Waals surface area contributed by atoms with Crippen LogP contribution in [0.25, 0.3) is 5.57 Å². The highest BCUT2D eigenvalue weighted by atomic mass is 35.5. The number of amides is 2. The van der Waals surface area contributed by atoms with Gasteiger partial charge in [0, 0.05) is 16.9 Å². The smallest absolute Gasteiger partial charge is 0.238 e. The maximum atomic E-state index is 13.8. The summed E-state index contributed by atoms with van der Waals surface area (Å²) >= 11 is 6.24. The van der Waals surface area contributed by atoms with Gasteiger partial charge in [0.15, 0.2) is 0 Å². The summed E-state index contributed by atoms with van der Waals surface area (Å²) in [4.78, 5) is 29.0. The van der Waals surface area contributed by atoms with Crippen LogP contribution in [0.3, 0.4) is 0 Å². The molecule has 1 saturated heterocycles. The number of anilines is 1. The first-order valence-corrected chi connectivity index (χ1v) is 12.5. The lowest BCUT2D eigenvalue weighted by molar-refractivity contribution is -0.123. The van der Waals surface area contributed by atoms with Gasteiger partial charge < -0.3 is 4.74 Å². The van der Waals surface area contributed by atoms with Gasteiger partial charge in [0.1, 0.15) is 5.75 Å². The van der Waals surface area contributed by atoms with Gasteiger partial charge in [-0.2, -0.15) is 0 Å². The van der Waals surface area contributed by atoms with Crippen LogP contribution in [0.4, 0.5) is 5.69 Å². The Bertz CT molecular complexity index is 1370. The van der Waals surface area contributed by atoms with E-state index in [0.29, 0.717) is 16.5 Å². The molecule has 5 heteroatoms. The molecular formula is C31H26ClNO3. The number of methoxy groups -OCH3 is 1. The molecule has 0 N–H and O–H groups in total. The molecule has 4 nitrogen and oxygen atoms in total. The highest BCUT2D eigenvalue weighted by Gasteiger charge is 2.62. The number of allylic oxidation sites excluding steroid dienone is 3. The number of fused-ring (bicyclic) bond motifs is 5. The number of hydrogen-bond acceptors (Lipinski definition) is 3. The van der Waals surface area contributed by atoms with Crippen molar-refractivity contribution in [1.82, 2.24) is 0 Å². The summed E-state index contributed by atoms with van der Waals surface area (Å²) < 4.78 is 5.47. The van der Waals surface area contributed by atoms with Crippen LogP contribution >= 0.6 is 11.6 Å². The molecule has 3 aliphatic rings. The predicted octanol–water partition coefficient (Wildman–Crippen LogP) is 6.39. The van der Waals surface area contributed by atoms with Gasteiger partial charge in [0.25, 0.3) is 0 Å². The molecule has 4 atom stereocenters. The third-order valence-corrected chi connectivity index (χ3v) is 8.00. The molecule has 4 unspecified atom stereocenters. The van der Waals surface area contributed by atoms with Crippen LogP contribution < -0.4 is 9.64 Å². The minimum Gasteiger partial charge on any atom is -0.495 e. The Morgan fingerprint density at radius 2 is 1.28 bits per heavy atom. The second-order valence-corrected chi connectivity index (χ2v) is 10.3. The lowest BCUT2D eigenvalue weighted by Crippen LogP contribution is -2.33. The lowest BCUT2D eigenvalue weighted by Gasteiger charge is -2.23. The molecule has 3 aromatic rings. The number of ether oxygens (including phenoxy) is 1. The van der Waals surface area contributed by atoms with E-state index in [0.717, 1.165) is 22.3 Å². The van der Waals surface area contributed by atoms with Gasteiger partial charge in [-0.05, 0) is 54.3 Å². The van der Waals surface area contributed by atoms with Crippen LogP contribution in [0.5, 0.6) is 5.75 Å². The van der Waals surface area contributed by atoms with Gasteiger partial charge in [-0.3, -0.25) is 9.59 Å². The van der Waals surface area contributed by atoms with E-state index in [1.807, 2.05) is 0 Å². The third-order valence-electron chi connectivity index (χ3n) is 7.77. The van der Waals surface area contributed by atoms with Crippen molar-refractivity contribution < 1.29 is 14.3 Å². The van der Waals surface area contributed by atoms with E-state index < -0.39 is 11.8 Å². The van der Waals surface area contributed by atoms with E-state index in [1.54, 1.807) is 18.2 Å². The summed E-state index contributed by atoms with van der Waals surface area (Å²) in [7, 11) is 1.53. The Labute approximate surface area is 215 Å². The Kier molecular flexibility index (Phi) is 5.38. The number of imide groups is 1. The third kappa shape index (κ3) is 3.35. The number of carbonyl (C=O) groups is 2. The topological polar surface area (TPSA) is 46.6 Å². The summed E-state index contributed by atoms with van der Waals surface area (Å²) in [6.45, 7) is 4.15. The standard InChI is InChI=1S/C31H26ClNO3/c1-17-4-8-19(9-5-17)26(20-10-6-18(2)7-11-20)27-22-13-14-23(27)29-28(22)30(34)33(31(29)35)24-16-21(32)12-15-25(24)36-3/h4-16,22-23,28-29H,1-3H3. The predicted molar refractivity (Wildman–Crippen MR) is 142 cm³/mol. The molecule has 2 bridgehead atoms. The fourth-order valence-corrected chi connectivity index (χ4v) is 6.28. The molecule has 0 radical (unpaired) electrons. The van der Waals surface area contributed by atoms with Crippen molar-refractivity contribution in [2.75, 3.05) is 12.0 Å². The van der Waals surface area contributed by atoms with Crippen molar-refractivity contribution in [3.63, 3.8) is 0 Å². The van der Waals surface area contributed by atoms with Gasteiger partial charge in [-0.1, -0.05) is 83.4 Å². The van der Waals surface area contributed by atoms with E-state index in [2.05, 4.69) is 74.5 Å². The van der Waals surface area contributed by atoms with E-state index in [4.69, 9.17) is 16.3 Å². The van der Waals surface area contributed by atoms with E-state index >= 15 is 0 Å². The van der Waals surface area contributed by atoms with Crippen molar-refractivity contribution in [3.05, 3.63) is 112 Å². The average molecular weight is 496 g/mol. The molecule has 1 saturated carbocycles. The van der Waals surface area contributed by atoms with Crippen LogP contribution in [-0.2, 0) is 9.59 Å². The van der Waals surface area contributed by atoms with Gasteiger partial charge >= 0.3 is 0 Å². The highest BCUT2D eigenvalue weighted by Crippen LogP contribution is 2.59. The Morgan fingerprint density at radius 1 is 0.778 bits per heavy atom. The molecular weight excluding hydrogens is 470 g/mol. The van der Waals surface area contributed by atoms with Crippen LogP contribution in [0.1, 0.15) is 22.3 Å². The van der Waals surface area contributed by atoms with Gasteiger partial charge in [-0.25, -0.2) is 4.90 Å². The Morgan fingerprint density at radius 3 is 1.75 bits per heavy atom. The monoisotopic (exact) mass is 495 g/mol. The zero-order chi connectivity index (χ0) is 25.1. The summed E-state index contributed by atoms with van der Waals surface area (Å²) in [6.07, 6.45) is 4.24. The molecule has 2 aliphatic carbocycles. The molecule has 1 aliphatic heterocycles. The normalized spacial score (nSPS) is 24.0. The Balaban J connectivity index is 1.49. The van der Waals surface area contributed by atoms with Crippen molar-refractivity contribution in [2.24, 2.45) is 23.7 Å². The van der Waals surface area contributed by atoms with E-state index in [9.17, 15) is 9.59 Å². The highest BCUT2D eigenvalue weighted by molar-refractivity contribution is 6.31. The van der Waals surface area contributed by atoms with Gasteiger partial charge in [0.2, 0.25) is 11.8 Å². The minimum absolute atomic E-state index is 0.135. The fraction of sp³-hybridized carbons (Fsp3) is 0.226. The zero-order valence-electron chi connectivity index (χ0n) is 20.4. The molecule has 36 heavy (non-hydrogen) atoms. The van der Waals surface area contributed by atoms with Crippen LogP contribution in [-0.4, -0.2) is 18.9 Å². The van der Waals surface area contributed by atoms with Crippen LogP contribution in [0.15, 0.2) is 84.5 Å². The number of rotatable bonds is 4. The number of halogens is 1. The summed E-state index contributed by atoms with van der Waals surface area (Å²) in [5.41, 5.74) is 7.28. The maximum Gasteiger partial charge on any atom is 0.238 e. The van der Waals surface area contributed by atoms with Crippen molar-refractivity contribution in [2.45, 2.75) is 13.8 Å². The van der Waals surface area contributed by atoms with E-state index in [-0.39, 0.29) is 23.7 Å². The first-order valence-electron chi connectivity index (χ1n) is 12.2. The first-order chi connectivity index (χ1) is 17.4. The molecule has 2 amide bonds. The molecule has 0 spiro atoms. The molecule has 180 valence electrons. The number of carbonyl (C=O) groups excluding carboxylic acids is 2. The lowest BCUT2D eigenvalue weighted by atomic mass is 9.85. The second kappa shape index (κ2) is 8.49. The van der Waals surface area contributed by atoms with Crippen LogP contribution in [0, 0.1) is 37.5 Å². The zero-order valence-corrected chi connectivity index (χ0v) is 21.1. The van der Waals surface area contributed by atoms with Crippen LogP contribution in [0.2, 0.25) is 5.02 Å². The number of hydrogen-bond donors (Lipinski definition) is 0. The first kappa shape index (κ1) is 22.8. The summed E-state index contributed by atoms with van der Waals surface area (Å²) in [6, 6.07) is 22.0. The van der Waals surface area contributed by atoms with Gasteiger partial charge in [0.05, 0.1) is 24.6 Å². The second-order valence-electron chi connectivity index (χ2n) is 9.88. The average Bonchev–Trinajstić information content (AvgIpc) is 3.50. The van der Waals surface area contributed by atoms with E-state index in [1.165, 1.54) is 23.1 Å². The molecule has 1 heterocycles. The number of benzene rings is 3. The minimum atomic E-state index is -0.433.